The van der Waals surface area contributed by atoms with E-state index < -0.39 is 12.0 Å². The van der Waals surface area contributed by atoms with Crippen LogP contribution in [0.2, 0.25) is 0 Å². The van der Waals surface area contributed by atoms with Crippen LogP contribution in [0.4, 0.5) is 13.2 Å². The van der Waals surface area contributed by atoms with Crippen molar-refractivity contribution < 1.29 is 18.0 Å². The van der Waals surface area contributed by atoms with E-state index in [0.717, 1.165) is 10.6 Å². The zero-order chi connectivity index (χ0) is 16.6. The first-order valence-electron chi connectivity index (χ1n) is 6.59. The normalized spacial score (nSPS) is 11.8. The summed E-state index contributed by atoms with van der Waals surface area (Å²) >= 11 is 1.48. The highest BCUT2D eigenvalue weighted by atomic mass is 32.1. The number of aromatic amines is 1. The van der Waals surface area contributed by atoms with E-state index in [4.69, 9.17) is 0 Å². The Kier molecular flexibility index (Phi) is 3.80. The van der Waals surface area contributed by atoms with Gasteiger partial charge in [-0.25, -0.2) is 9.97 Å². The van der Waals surface area contributed by atoms with Gasteiger partial charge in [0.1, 0.15) is 0 Å². The van der Waals surface area contributed by atoms with Gasteiger partial charge < -0.3 is 10.3 Å². The Morgan fingerprint density at radius 3 is 2.83 bits per heavy atom. The van der Waals surface area contributed by atoms with E-state index in [1.807, 2.05) is 6.92 Å². The maximum absolute atomic E-state index is 12.6. The van der Waals surface area contributed by atoms with Gasteiger partial charge in [0, 0.05) is 10.4 Å². The number of hydrogen-bond donors (Lipinski definition) is 2. The lowest BCUT2D eigenvalue weighted by atomic mass is 10.2. The van der Waals surface area contributed by atoms with Crippen LogP contribution in [0.25, 0.3) is 11.0 Å². The highest BCUT2D eigenvalue weighted by Crippen LogP contribution is 2.28. The topological polar surface area (TPSA) is 70.7 Å². The van der Waals surface area contributed by atoms with Crippen molar-refractivity contribution in [3.05, 3.63) is 45.7 Å². The maximum Gasteiger partial charge on any atom is 0.449 e. The van der Waals surface area contributed by atoms with Crippen molar-refractivity contribution in [2.45, 2.75) is 19.6 Å². The Hall–Kier alpha value is -2.42. The third kappa shape index (κ3) is 3.19. The van der Waals surface area contributed by atoms with Crippen molar-refractivity contribution >= 4 is 28.3 Å². The summed E-state index contributed by atoms with van der Waals surface area (Å²) in [6, 6.07) is 4.16. The molecule has 0 saturated heterocycles. The molecular weight excluding hydrogens is 329 g/mol. The molecule has 0 aliphatic rings. The van der Waals surface area contributed by atoms with Gasteiger partial charge in [-0.15, -0.1) is 11.3 Å². The van der Waals surface area contributed by atoms with Gasteiger partial charge in [0.15, 0.2) is 0 Å². The van der Waals surface area contributed by atoms with Crippen LogP contribution in [0.3, 0.4) is 0 Å². The van der Waals surface area contributed by atoms with Gasteiger partial charge >= 0.3 is 6.18 Å². The number of fused-ring (bicyclic) bond motifs is 1. The van der Waals surface area contributed by atoms with Crippen molar-refractivity contribution in [1.29, 1.82) is 0 Å². The monoisotopic (exact) mass is 340 g/mol. The van der Waals surface area contributed by atoms with E-state index in [1.165, 1.54) is 29.5 Å². The molecule has 0 unspecified atom stereocenters. The van der Waals surface area contributed by atoms with E-state index in [9.17, 15) is 18.0 Å². The Balaban J connectivity index is 1.79. The van der Waals surface area contributed by atoms with Crippen LogP contribution in [0.5, 0.6) is 0 Å². The molecule has 0 aliphatic carbocycles. The van der Waals surface area contributed by atoms with E-state index in [-0.39, 0.29) is 29.0 Å². The number of H-pyrrole nitrogens is 1. The minimum absolute atomic E-state index is 0.157. The number of carbonyl (C=O) groups is 1. The van der Waals surface area contributed by atoms with Crippen LogP contribution in [0.15, 0.2) is 23.7 Å². The first-order valence-corrected chi connectivity index (χ1v) is 7.46. The summed E-state index contributed by atoms with van der Waals surface area (Å²) in [6.45, 7) is 2.16. The molecule has 0 spiro atoms. The second kappa shape index (κ2) is 5.65. The molecule has 0 aliphatic heterocycles. The molecular formula is C14H11F3N4OS. The van der Waals surface area contributed by atoms with Gasteiger partial charge in [0.2, 0.25) is 5.82 Å². The van der Waals surface area contributed by atoms with Crippen LogP contribution in [-0.4, -0.2) is 20.9 Å². The lowest BCUT2D eigenvalue weighted by Crippen LogP contribution is -2.23. The zero-order valence-corrected chi connectivity index (χ0v) is 12.7. The number of benzene rings is 1. The molecule has 2 N–H and O–H groups in total. The molecule has 1 amide bonds. The SMILES string of the molecule is Cc1scnc1CNC(=O)c1ccc2nc(C(F)(F)F)[nH]c2c1. The summed E-state index contributed by atoms with van der Waals surface area (Å²) in [6.07, 6.45) is -4.55. The molecule has 9 heteroatoms. The number of imidazole rings is 1. The number of aryl methyl sites for hydroxylation is 1. The molecule has 23 heavy (non-hydrogen) atoms. The Morgan fingerprint density at radius 2 is 2.17 bits per heavy atom. The largest absolute Gasteiger partial charge is 0.449 e. The summed E-state index contributed by atoms with van der Waals surface area (Å²) < 4.78 is 37.9. The molecule has 2 aromatic heterocycles. The fourth-order valence-corrected chi connectivity index (χ4v) is 2.65. The van der Waals surface area contributed by atoms with Crippen LogP contribution in [-0.2, 0) is 12.7 Å². The predicted molar refractivity (Wildman–Crippen MR) is 79.1 cm³/mol. The lowest BCUT2D eigenvalue weighted by molar-refractivity contribution is -0.144. The number of carbonyl (C=O) groups excluding carboxylic acids is 1. The van der Waals surface area contributed by atoms with Crippen LogP contribution in [0, 0.1) is 6.92 Å². The number of rotatable bonds is 3. The highest BCUT2D eigenvalue weighted by Gasteiger charge is 2.34. The Bertz CT molecular complexity index is 868. The lowest BCUT2D eigenvalue weighted by Gasteiger charge is -2.04. The van der Waals surface area contributed by atoms with Crippen molar-refractivity contribution in [3.63, 3.8) is 0 Å². The van der Waals surface area contributed by atoms with Gasteiger partial charge in [-0.2, -0.15) is 13.2 Å². The quantitative estimate of drug-likeness (QED) is 0.769. The van der Waals surface area contributed by atoms with Crippen molar-refractivity contribution in [1.82, 2.24) is 20.3 Å². The number of amides is 1. The molecule has 0 radical (unpaired) electrons. The van der Waals surface area contributed by atoms with E-state index in [0.29, 0.717) is 0 Å². The fourth-order valence-electron chi connectivity index (χ4n) is 2.05. The Labute approximate surface area is 132 Å². The summed E-state index contributed by atoms with van der Waals surface area (Å²) in [7, 11) is 0. The maximum atomic E-state index is 12.6. The second-order valence-corrected chi connectivity index (χ2v) is 5.91. The number of hydrogen-bond acceptors (Lipinski definition) is 4. The number of thiazole rings is 1. The second-order valence-electron chi connectivity index (χ2n) is 4.85. The molecule has 3 aromatic rings. The minimum Gasteiger partial charge on any atom is -0.346 e. The third-order valence-electron chi connectivity index (χ3n) is 3.27. The molecule has 2 heterocycles. The molecule has 3 rings (SSSR count). The zero-order valence-electron chi connectivity index (χ0n) is 11.9. The minimum atomic E-state index is -4.55. The van der Waals surface area contributed by atoms with Gasteiger partial charge in [-0.3, -0.25) is 4.79 Å². The Morgan fingerprint density at radius 1 is 1.39 bits per heavy atom. The first kappa shape index (κ1) is 15.5. The number of nitrogens with zero attached hydrogens (tertiary/aromatic N) is 2. The van der Waals surface area contributed by atoms with E-state index >= 15 is 0 Å². The van der Waals surface area contributed by atoms with Crippen molar-refractivity contribution in [2.24, 2.45) is 0 Å². The molecule has 120 valence electrons. The van der Waals surface area contributed by atoms with Crippen LogP contribution in [0.1, 0.15) is 26.8 Å². The van der Waals surface area contributed by atoms with E-state index in [2.05, 4.69) is 20.3 Å². The van der Waals surface area contributed by atoms with Crippen LogP contribution < -0.4 is 5.32 Å². The summed E-state index contributed by atoms with van der Waals surface area (Å²) in [5.41, 5.74) is 3.03. The molecule has 0 saturated carbocycles. The predicted octanol–water partition coefficient (Wildman–Crippen LogP) is 3.28. The van der Waals surface area contributed by atoms with E-state index in [1.54, 1.807) is 5.51 Å². The summed E-state index contributed by atoms with van der Waals surface area (Å²) in [4.78, 5) is 22.9. The van der Waals surface area contributed by atoms with Gasteiger partial charge in [0.05, 0.1) is 28.8 Å². The number of alkyl halides is 3. The average molecular weight is 340 g/mol. The van der Waals surface area contributed by atoms with Gasteiger partial charge in [0.25, 0.3) is 5.91 Å². The standard InChI is InChI=1S/C14H11F3N4OS/c1-7-11(19-6-23-7)5-18-12(22)8-2-3-9-10(4-8)21-13(20-9)14(15,16)17/h2-4,6H,5H2,1H3,(H,18,22)(H,20,21). The summed E-state index contributed by atoms with van der Waals surface area (Å²) in [5, 5.41) is 2.69. The van der Waals surface area contributed by atoms with Crippen molar-refractivity contribution in [3.8, 4) is 0 Å². The average Bonchev–Trinajstić information content (AvgIpc) is 3.09. The van der Waals surface area contributed by atoms with Gasteiger partial charge in [-0.05, 0) is 25.1 Å². The number of nitrogens with one attached hydrogen (secondary N) is 2. The molecule has 0 atom stereocenters. The van der Waals surface area contributed by atoms with Crippen LogP contribution >= 0.6 is 11.3 Å². The first-order chi connectivity index (χ1) is 10.8. The molecule has 0 fully saturated rings. The molecule has 5 nitrogen and oxygen atoms in total. The third-order valence-corrected chi connectivity index (χ3v) is 4.07. The highest BCUT2D eigenvalue weighted by molar-refractivity contribution is 7.09. The van der Waals surface area contributed by atoms with Crippen molar-refractivity contribution in [2.75, 3.05) is 0 Å². The number of halogens is 3. The fraction of sp³-hybridized carbons (Fsp3) is 0.214. The smallest absolute Gasteiger partial charge is 0.346 e. The number of aromatic nitrogens is 3. The van der Waals surface area contributed by atoms with Gasteiger partial charge in [-0.1, -0.05) is 0 Å². The molecule has 1 aromatic carbocycles. The molecule has 0 bridgehead atoms. The summed E-state index contributed by atoms with van der Waals surface area (Å²) in [5.74, 6) is -1.47.